The molecule has 0 saturated heterocycles. The van der Waals surface area contributed by atoms with Gasteiger partial charge in [-0.15, -0.1) is 10.2 Å². The summed E-state index contributed by atoms with van der Waals surface area (Å²) in [7, 11) is 0. The highest BCUT2D eigenvalue weighted by atomic mass is 35.5. The SMILES string of the molecule is O=C(COc1ccc(Cl)c(F)c1)NCCC1(c2nnc(COc3cncc(C(F)(F)F)c3)o2)CCC1. The molecule has 0 radical (unpaired) electrons. The second-order valence-corrected chi connectivity index (χ2v) is 8.70. The molecule has 0 aliphatic heterocycles. The first kappa shape index (κ1) is 25.7. The first-order valence-electron chi connectivity index (χ1n) is 11.0. The van der Waals surface area contributed by atoms with E-state index in [1.54, 1.807) is 0 Å². The van der Waals surface area contributed by atoms with Gasteiger partial charge in [-0.2, -0.15) is 13.2 Å². The van der Waals surface area contributed by atoms with Crippen LogP contribution in [0, 0.1) is 5.82 Å². The zero-order valence-corrected chi connectivity index (χ0v) is 19.5. The summed E-state index contributed by atoms with van der Waals surface area (Å²) in [6.45, 7) is -0.187. The molecule has 1 aliphatic rings. The number of hydrogen-bond acceptors (Lipinski definition) is 7. The minimum atomic E-state index is -4.53. The van der Waals surface area contributed by atoms with Crippen LogP contribution in [0.3, 0.4) is 0 Å². The van der Waals surface area contributed by atoms with Crippen LogP contribution in [0.15, 0.2) is 41.1 Å². The third-order valence-electron chi connectivity index (χ3n) is 5.82. The van der Waals surface area contributed by atoms with E-state index in [1.807, 2.05) is 0 Å². The summed E-state index contributed by atoms with van der Waals surface area (Å²) in [4.78, 5) is 15.6. The number of carbonyl (C=O) groups is 1. The van der Waals surface area contributed by atoms with Gasteiger partial charge in [0.1, 0.15) is 17.3 Å². The minimum Gasteiger partial charge on any atom is -0.484 e. The zero-order chi connectivity index (χ0) is 25.8. The number of hydrogen-bond donors (Lipinski definition) is 1. The van der Waals surface area contributed by atoms with Crippen molar-refractivity contribution in [2.45, 2.75) is 43.9 Å². The molecule has 3 aromatic rings. The molecule has 0 spiro atoms. The number of amides is 1. The van der Waals surface area contributed by atoms with Crippen LogP contribution in [0.4, 0.5) is 17.6 Å². The van der Waals surface area contributed by atoms with Crippen LogP contribution in [0.25, 0.3) is 0 Å². The van der Waals surface area contributed by atoms with Crippen molar-refractivity contribution in [3.05, 3.63) is 64.8 Å². The minimum absolute atomic E-state index is 0.0407. The fraction of sp³-hybridized carbons (Fsp3) is 0.391. The zero-order valence-electron chi connectivity index (χ0n) is 18.8. The summed E-state index contributed by atoms with van der Waals surface area (Å²) in [6.07, 6.45) is 0.386. The van der Waals surface area contributed by atoms with Crippen LogP contribution in [-0.4, -0.2) is 34.2 Å². The molecule has 1 fully saturated rings. The average molecular weight is 529 g/mol. The van der Waals surface area contributed by atoms with Crippen molar-refractivity contribution in [1.82, 2.24) is 20.5 Å². The summed E-state index contributed by atoms with van der Waals surface area (Å²) in [5.41, 5.74) is -1.33. The van der Waals surface area contributed by atoms with Crippen molar-refractivity contribution in [3.63, 3.8) is 0 Å². The Labute approximate surface area is 208 Å². The Hall–Kier alpha value is -3.41. The van der Waals surface area contributed by atoms with Crippen molar-refractivity contribution < 1.29 is 36.2 Å². The van der Waals surface area contributed by atoms with Crippen molar-refractivity contribution in [2.75, 3.05) is 13.2 Å². The summed E-state index contributed by atoms with van der Waals surface area (Å²) >= 11 is 5.62. The third kappa shape index (κ3) is 6.23. The van der Waals surface area contributed by atoms with Crippen LogP contribution in [0.1, 0.15) is 43.0 Å². The standard InChI is InChI=1S/C23H21ClF4N4O4/c24-17-3-2-15(9-18(17)25)34-12-19(33)30-7-6-22(4-1-5-22)21-32-31-20(36-21)13-35-16-8-14(10-29-11-16)23(26,27)28/h2-3,8-11H,1,4-7,12-13H2,(H,30,33). The van der Waals surface area contributed by atoms with Crippen LogP contribution in [0.5, 0.6) is 11.5 Å². The molecule has 1 N–H and O–H groups in total. The summed E-state index contributed by atoms with van der Waals surface area (Å²) in [6, 6.07) is 4.74. The van der Waals surface area contributed by atoms with Gasteiger partial charge in [0.2, 0.25) is 5.89 Å². The van der Waals surface area contributed by atoms with Crippen molar-refractivity contribution in [3.8, 4) is 11.5 Å². The lowest BCUT2D eigenvalue weighted by Gasteiger charge is -2.38. The molecule has 2 aromatic heterocycles. The van der Waals surface area contributed by atoms with E-state index >= 15 is 0 Å². The number of alkyl halides is 3. The number of ether oxygens (including phenoxy) is 2. The molecular weight excluding hydrogens is 508 g/mol. The Kier molecular flexibility index (Phi) is 7.62. The second-order valence-electron chi connectivity index (χ2n) is 8.30. The maximum absolute atomic E-state index is 13.5. The number of halogens is 5. The molecule has 8 nitrogen and oxygen atoms in total. The highest BCUT2D eigenvalue weighted by Gasteiger charge is 2.43. The first-order valence-corrected chi connectivity index (χ1v) is 11.3. The molecular formula is C23H21ClF4N4O4. The van der Waals surface area contributed by atoms with Gasteiger partial charge in [-0.3, -0.25) is 9.78 Å². The molecule has 2 heterocycles. The summed E-state index contributed by atoms with van der Waals surface area (Å²) in [5, 5.41) is 10.7. The van der Waals surface area contributed by atoms with Gasteiger partial charge in [-0.1, -0.05) is 18.0 Å². The topological polar surface area (TPSA) is 99.4 Å². The maximum atomic E-state index is 13.5. The predicted molar refractivity (Wildman–Crippen MR) is 118 cm³/mol. The van der Waals surface area contributed by atoms with E-state index in [9.17, 15) is 22.4 Å². The molecule has 192 valence electrons. The van der Waals surface area contributed by atoms with Gasteiger partial charge in [0.15, 0.2) is 13.2 Å². The molecule has 13 heteroatoms. The molecule has 1 aliphatic carbocycles. The highest BCUT2D eigenvalue weighted by molar-refractivity contribution is 6.30. The monoisotopic (exact) mass is 528 g/mol. The predicted octanol–water partition coefficient (Wildman–Crippen LogP) is 4.86. The van der Waals surface area contributed by atoms with Gasteiger partial charge in [0.25, 0.3) is 11.8 Å². The molecule has 1 saturated carbocycles. The fourth-order valence-electron chi connectivity index (χ4n) is 3.71. The van der Waals surface area contributed by atoms with E-state index in [1.165, 1.54) is 12.1 Å². The molecule has 0 atom stereocenters. The molecule has 4 rings (SSSR count). The molecule has 1 amide bonds. The lowest BCUT2D eigenvalue weighted by Crippen LogP contribution is -2.39. The average Bonchev–Trinajstić information content (AvgIpc) is 3.29. The van der Waals surface area contributed by atoms with Crippen LogP contribution >= 0.6 is 11.6 Å². The van der Waals surface area contributed by atoms with Gasteiger partial charge in [-0.05, 0) is 37.5 Å². The summed E-state index contributed by atoms with van der Waals surface area (Å²) < 4.78 is 68.3. The van der Waals surface area contributed by atoms with Crippen molar-refractivity contribution in [1.29, 1.82) is 0 Å². The molecule has 36 heavy (non-hydrogen) atoms. The van der Waals surface area contributed by atoms with Crippen molar-refractivity contribution >= 4 is 17.5 Å². The van der Waals surface area contributed by atoms with Crippen molar-refractivity contribution in [2.24, 2.45) is 0 Å². The van der Waals surface area contributed by atoms with Gasteiger partial charge in [-0.25, -0.2) is 4.39 Å². The number of nitrogens with zero attached hydrogens (tertiary/aromatic N) is 3. The maximum Gasteiger partial charge on any atom is 0.418 e. The molecule has 1 aromatic carbocycles. The smallest absolute Gasteiger partial charge is 0.418 e. The van der Waals surface area contributed by atoms with E-state index in [2.05, 4.69) is 20.5 Å². The third-order valence-corrected chi connectivity index (χ3v) is 6.13. The van der Waals surface area contributed by atoms with E-state index in [0.717, 1.165) is 37.6 Å². The Morgan fingerprint density at radius 2 is 1.94 bits per heavy atom. The van der Waals surface area contributed by atoms with E-state index in [4.69, 9.17) is 25.5 Å². The molecule has 0 bridgehead atoms. The number of carbonyl (C=O) groups excluding carboxylic acids is 1. The first-order chi connectivity index (χ1) is 17.1. The van der Waals surface area contributed by atoms with Gasteiger partial charge < -0.3 is 19.2 Å². The van der Waals surface area contributed by atoms with E-state index in [0.29, 0.717) is 25.1 Å². The van der Waals surface area contributed by atoms with Gasteiger partial charge in [0.05, 0.1) is 22.2 Å². The van der Waals surface area contributed by atoms with Crippen LogP contribution < -0.4 is 14.8 Å². The number of benzene rings is 1. The highest BCUT2D eigenvalue weighted by Crippen LogP contribution is 2.45. The lowest BCUT2D eigenvalue weighted by atomic mass is 9.66. The van der Waals surface area contributed by atoms with E-state index in [-0.39, 0.29) is 41.5 Å². The number of rotatable bonds is 10. The number of aromatic nitrogens is 3. The Morgan fingerprint density at radius 3 is 2.64 bits per heavy atom. The Balaban J connectivity index is 1.26. The normalized spacial score (nSPS) is 14.7. The van der Waals surface area contributed by atoms with E-state index < -0.39 is 23.0 Å². The van der Waals surface area contributed by atoms with Gasteiger partial charge >= 0.3 is 6.18 Å². The molecule has 0 unspecified atom stereocenters. The quantitative estimate of drug-likeness (QED) is 0.375. The summed E-state index contributed by atoms with van der Waals surface area (Å²) in [5.74, 6) is -0.414. The second kappa shape index (κ2) is 10.7. The Morgan fingerprint density at radius 1 is 1.14 bits per heavy atom. The lowest BCUT2D eigenvalue weighted by molar-refractivity contribution is -0.138. The van der Waals surface area contributed by atoms with Crippen LogP contribution in [-0.2, 0) is 23.0 Å². The largest absolute Gasteiger partial charge is 0.484 e. The van der Waals surface area contributed by atoms with Gasteiger partial charge in [0, 0.05) is 18.8 Å². The number of pyridine rings is 1. The Bertz CT molecular complexity index is 1220. The van der Waals surface area contributed by atoms with Crippen LogP contribution in [0.2, 0.25) is 5.02 Å². The fourth-order valence-corrected chi connectivity index (χ4v) is 3.82. The number of nitrogens with one attached hydrogen (secondary N) is 1.